The Morgan fingerprint density at radius 3 is 2.05 bits per heavy atom. The van der Waals surface area contributed by atoms with Gasteiger partial charge >= 0.3 is 0 Å². The maximum atomic E-state index is 2.75. The minimum Gasteiger partial charge on any atom is -0.302 e. The molecule has 3 fully saturated rings. The van der Waals surface area contributed by atoms with Crippen LogP contribution < -0.4 is 0 Å². The third-order valence-corrected chi connectivity index (χ3v) is 6.70. The van der Waals surface area contributed by atoms with Crippen LogP contribution >= 0.6 is 0 Å². The maximum Gasteiger partial charge on any atom is 0.00385 e. The number of hydrogen-bond acceptors (Lipinski definition) is 2. The summed E-state index contributed by atoms with van der Waals surface area (Å²) in [6, 6.07) is 0.742. The van der Waals surface area contributed by atoms with Crippen LogP contribution in [0.4, 0.5) is 0 Å². The third kappa shape index (κ3) is 3.64. The van der Waals surface area contributed by atoms with Crippen molar-refractivity contribution in [2.24, 2.45) is 29.6 Å². The molecule has 2 saturated heterocycles. The standard InChI is InChI=1S/C19H36N2/c1-14(2)17-9-18(10-17)19-12-20(13-19)11-16-5-7-21(8-6-16)15(3)4/h14-19H,5-13H2,1-4H3. The van der Waals surface area contributed by atoms with Gasteiger partial charge in [0.15, 0.2) is 0 Å². The average Bonchev–Trinajstić information content (AvgIpc) is 2.34. The summed E-state index contributed by atoms with van der Waals surface area (Å²) in [6.45, 7) is 16.4. The Kier molecular flexibility index (Phi) is 4.95. The van der Waals surface area contributed by atoms with E-state index in [-0.39, 0.29) is 0 Å². The minimum atomic E-state index is 0.742. The van der Waals surface area contributed by atoms with Crippen LogP contribution in [0.1, 0.15) is 53.4 Å². The normalized spacial score (nSPS) is 33.4. The van der Waals surface area contributed by atoms with Gasteiger partial charge in [0.2, 0.25) is 0 Å². The highest BCUT2D eigenvalue weighted by atomic mass is 15.2. The molecule has 21 heavy (non-hydrogen) atoms. The zero-order valence-electron chi connectivity index (χ0n) is 14.7. The summed E-state index contributed by atoms with van der Waals surface area (Å²) in [5.74, 6) is 5.07. The molecule has 0 amide bonds. The van der Waals surface area contributed by atoms with Gasteiger partial charge in [0.25, 0.3) is 0 Å². The average molecular weight is 293 g/mol. The molecule has 122 valence electrons. The molecule has 0 aromatic carbocycles. The van der Waals surface area contributed by atoms with Crippen LogP contribution in [0.25, 0.3) is 0 Å². The minimum absolute atomic E-state index is 0.742. The second-order valence-electron chi connectivity index (χ2n) is 8.79. The van der Waals surface area contributed by atoms with E-state index in [4.69, 9.17) is 0 Å². The van der Waals surface area contributed by atoms with Gasteiger partial charge in [0, 0.05) is 25.7 Å². The quantitative estimate of drug-likeness (QED) is 0.762. The van der Waals surface area contributed by atoms with Crippen LogP contribution in [0.15, 0.2) is 0 Å². The van der Waals surface area contributed by atoms with Gasteiger partial charge in [-0.15, -0.1) is 0 Å². The first-order valence-electron chi connectivity index (χ1n) is 9.49. The van der Waals surface area contributed by atoms with Gasteiger partial charge in [-0.2, -0.15) is 0 Å². The van der Waals surface area contributed by atoms with Crippen molar-refractivity contribution in [2.75, 3.05) is 32.7 Å². The molecule has 1 saturated carbocycles. The molecule has 2 nitrogen and oxygen atoms in total. The van der Waals surface area contributed by atoms with E-state index in [1.807, 2.05) is 0 Å². The lowest BCUT2D eigenvalue weighted by Crippen LogP contribution is -2.54. The van der Waals surface area contributed by atoms with Crippen molar-refractivity contribution >= 4 is 0 Å². The molecule has 0 aromatic heterocycles. The van der Waals surface area contributed by atoms with Gasteiger partial charge in [-0.05, 0) is 82.2 Å². The number of nitrogens with zero attached hydrogens (tertiary/aromatic N) is 2. The first-order chi connectivity index (χ1) is 10.0. The second-order valence-corrected chi connectivity index (χ2v) is 8.79. The van der Waals surface area contributed by atoms with Crippen LogP contribution in [-0.4, -0.2) is 48.6 Å². The summed E-state index contributed by atoms with van der Waals surface area (Å²) >= 11 is 0. The van der Waals surface area contributed by atoms with Gasteiger partial charge in [0.1, 0.15) is 0 Å². The molecular weight excluding hydrogens is 256 g/mol. The van der Waals surface area contributed by atoms with Crippen molar-refractivity contribution in [3.05, 3.63) is 0 Å². The summed E-state index contributed by atoms with van der Waals surface area (Å²) in [5.41, 5.74) is 0. The molecule has 1 aliphatic carbocycles. The van der Waals surface area contributed by atoms with Crippen molar-refractivity contribution in [3.8, 4) is 0 Å². The molecule has 2 heterocycles. The summed E-state index contributed by atoms with van der Waals surface area (Å²) < 4.78 is 0. The highest BCUT2D eigenvalue weighted by Crippen LogP contribution is 2.45. The highest BCUT2D eigenvalue weighted by Gasteiger charge is 2.41. The van der Waals surface area contributed by atoms with Crippen molar-refractivity contribution < 1.29 is 0 Å². The second kappa shape index (κ2) is 6.58. The summed E-state index contributed by atoms with van der Waals surface area (Å²) in [4.78, 5) is 5.40. The molecule has 0 radical (unpaired) electrons. The van der Waals surface area contributed by atoms with Crippen LogP contribution in [0.3, 0.4) is 0 Å². The molecule has 0 bridgehead atoms. The summed E-state index contributed by atoms with van der Waals surface area (Å²) in [7, 11) is 0. The van der Waals surface area contributed by atoms with E-state index in [0.717, 1.165) is 35.6 Å². The topological polar surface area (TPSA) is 6.48 Å². The maximum absolute atomic E-state index is 2.75. The van der Waals surface area contributed by atoms with E-state index in [1.54, 1.807) is 0 Å². The van der Waals surface area contributed by atoms with Gasteiger partial charge < -0.3 is 9.80 Å². The Balaban J connectivity index is 1.30. The fraction of sp³-hybridized carbons (Fsp3) is 1.00. The smallest absolute Gasteiger partial charge is 0.00385 e. The molecule has 0 N–H and O–H groups in total. The Morgan fingerprint density at radius 2 is 1.52 bits per heavy atom. The number of piperidine rings is 1. The Bertz CT molecular complexity index is 318. The molecule has 2 aliphatic heterocycles. The van der Waals surface area contributed by atoms with Gasteiger partial charge in [0.05, 0.1) is 0 Å². The molecular formula is C19H36N2. The van der Waals surface area contributed by atoms with Crippen LogP contribution in [0.5, 0.6) is 0 Å². The Hall–Kier alpha value is -0.0800. The van der Waals surface area contributed by atoms with E-state index >= 15 is 0 Å². The summed E-state index contributed by atoms with van der Waals surface area (Å²) in [6.07, 6.45) is 5.92. The molecule has 0 spiro atoms. The molecule has 3 rings (SSSR count). The number of likely N-dealkylation sites (tertiary alicyclic amines) is 2. The number of rotatable bonds is 5. The lowest BCUT2D eigenvalue weighted by Gasteiger charge is -2.51. The molecule has 2 heteroatoms. The van der Waals surface area contributed by atoms with Crippen LogP contribution in [0.2, 0.25) is 0 Å². The number of hydrogen-bond donors (Lipinski definition) is 0. The monoisotopic (exact) mass is 292 g/mol. The van der Waals surface area contributed by atoms with Crippen molar-refractivity contribution in [3.63, 3.8) is 0 Å². The van der Waals surface area contributed by atoms with Crippen molar-refractivity contribution in [1.82, 2.24) is 9.80 Å². The molecule has 0 atom stereocenters. The predicted octanol–water partition coefficient (Wildman–Crippen LogP) is 3.72. The highest BCUT2D eigenvalue weighted by molar-refractivity contribution is 4.93. The summed E-state index contributed by atoms with van der Waals surface area (Å²) in [5, 5.41) is 0. The Morgan fingerprint density at radius 1 is 0.905 bits per heavy atom. The van der Waals surface area contributed by atoms with Gasteiger partial charge in [-0.3, -0.25) is 0 Å². The van der Waals surface area contributed by atoms with Crippen molar-refractivity contribution in [2.45, 2.75) is 59.4 Å². The first kappa shape index (κ1) is 15.8. The van der Waals surface area contributed by atoms with Crippen molar-refractivity contribution in [1.29, 1.82) is 0 Å². The van der Waals surface area contributed by atoms with E-state index in [2.05, 4.69) is 37.5 Å². The van der Waals surface area contributed by atoms with E-state index in [1.165, 1.54) is 58.4 Å². The molecule has 0 aromatic rings. The largest absolute Gasteiger partial charge is 0.302 e. The Labute approximate surface area is 132 Å². The lowest BCUT2D eigenvalue weighted by molar-refractivity contribution is -0.0214. The van der Waals surface area contributed by atoms with Gasteiger partial charge in [-0.25, -0.2) is 0 Å². The third-order valence-electron chi connectivity index (χ3n) is 6.70. The van der Waals surface area contributed by atoms with Crippen LogP contribution in [-0.2, 0) is 0 Å². The van der Waals surface area contributed by atoms with E-state index < -0.39 is 0 Å². The SMILES string of the molecule is CC(C)C1CC(C2CN(CC3CCN(C(C)C)CC3)C2)C1. The predicted molar refractivity (Wildman–Crippen MR) is 90.4 cm³/mol. The zero-order chi connectivity index (χ0) is 15.0. The van der Waals surface area contributed by atoms with E-state index in [9.17, 15) is 0 Å². The van der Waals surface area contributed by atoms with Crippen LogP contribution in [0, 0.1) is 29.6 Å². The fourth-order valence-corrected chi connectivity index (χ4v) is 4.71. The fourth-order valence-electron chi connectivity index (χ4n) is 4.71. The first-order valence-corrected chi connectivity index (χ1v) is 9.49. The van der Waals surface area contributed by atoms with Gasteiger partial charge in [-0.1, -0.05) is 13.8 Å². The molecule has 3 aliphatic rings. The van der Waals surface area contributed by atoms with E-state index in [0.29, 0.717) is 0 Å². The molecule has 0 unspecified atom stereocenters. The lowest BCUT2D eigenvalue weighted by atomic mass is 9.63. The zero-order valence-corrected chi connectivity index (χ0v) is 14.7.